The molecule has 0 radical (unpaired) electrons. The zero-order valence-electron chi connectivity index (χ0n) is 11.5. The van der Waals surface area contributed by atoms with Gasteiger partial charge in [0.2, 0.25) is 0 Å². The molecule has 0 saturated carbocycles. The highest BCUT2D eigenvalue weighted by Crippen LogP contribution is 2.20. The normalized spacial score (nSPS) is 12.0. The first-order valence-corrected chi connectivity index (χ1v) is 6.42. The fourth-order valence-electron chi connectivity index (χ4n) is 1.99. The zero-order chi connectivity index (χ0) is 15.2. The van der Waals surface area contributed by atoms with Crippen molar-refractivity contribution in [2.75, 3.05) is 7.11 Å². The Kier molecular flexibility index (Phi) is 5.00. The lowest BCUT2D eigenvalue weighted by atomic mass is 10.1. The summed E-state index contributed by atoms with van der Waals surface area (Å²) in [6.07, 6.45) is 0. The number of esters is 1. The van der Waals surface area contributed by atoms with Crippen molar-refractivity contribution in [2.24, 2.45) is 0 Å². The second kappa shape index (κ2) is 6.95. The van der Waals surface area contributed by atoms with Crippen LogP contribution in [0.1, 0.15) is 17.2 Å². The lowest BCUT2D eigenvalue weighted by Gasteiger charge is -2.17. The third-order valence-corrected chi connectivity index (χ3v) is 3.06. The Hall–Kier alpha value is -2.27. The molecule has 0 aliphatic heterocycles. The highest BCUT2D eigenvalue weighted by Gasteiger charge is 2.24. The number of carbonyl (C=O) groups excluding carboxylic acids is 1. The molecule has 2 rings (SSSR count). The van der Waals surface area contributed by atoms with Crippen LogP contribution in [0, 0.1) is 11.6 Å². The van der Waals surface area contributed by atoms with Gasteiger partial charge < -0.3 is 4.74 Å². The number of benzene rings is 2. The topological polar surface area (TPSA) is 38.3 Å². The van der Waals surface area contributed by atoms with Crippen LogP contribution < -0.4 is 5.32 Å². The molecule has 110 valence electrons. The van der Waals surface area contributed by atoms with E-state index in [0.717, 1.165) is 23.8 Å². The van der Waals surface area contributed by atoms with Crippen LogP contribution >= 0.6 is 0 Å². The van der Waals surface area contributed by atoms with E-state index in [1.807, 2.05) is 30.3 Å². The largest absolute Gasteiger partial charge is 0.468 e. The molecule has 0 heterocycles. The molecular weight excluding hydrogens is 276 g/mol. The van der Waals surface area contributed by atoms with Crippen LogP contribution in [0.5, 0.6) is 0 Å². The number of nitrogens with one attached hydrogen (secondary N) is 1. The third-order valence-electron chi connectivity index (χ3n) is 3.06. The summed E-state index contributed by atoms with van der Waals surface area (Å²) >= 11 is 0. The van der Waals surface area contributed by atoms with E-state index >= 15 is 0 Å². The minimum atomic E-state index is -1.06. The zero-order valence-corrected chi connectivity index (χ0v) is 11.5. The van der Waals surface area contributed by atoms with E-state index in [1.165, 1.54) is 7.11 Å². The number of ether oxygens (including phenoxy) is 1. The maximum atomic E-state index is 13.8. The van der Waals surface area contributed by atoms with Crippen molar-refractivity contribution in [3.63, 3.8) is 0 Å². The summed E-state index contributed by atoms with van der Waals surface area (Å²) in [7, 11) is 1.21. The molecule has 0 aliphatic rings. The second-order valence-corrected chi connectivity index (χ2v) is 4.49. The molecule has 21 heavy (non-hydrogen) atoms. The molecule has 0 aromatic heterocycles. The van der Waals surface area contributed by atoms with Crippen LogP contribution in [0.15, 0.2) is 48.5 Å². The van der Waals surface area contributed by atoms with Gasteiger partial charge >= 0.3 is 5.97 Å². The monoisotopic (exact) mass is 291 g/mol. The van der Waals surface area contributed by atoms with E-state index in [0.29, 0.717) is 6.54 Å². The van der Waals surface area contributed by atoms with Crippen LogP contribution in [0.4, 0.5) is 8.78 Å². The van der Waals surface area contributed by atoms with Crippen LogP contribution in [0.25, 0.3) is 0 Å². The molecule has 0 saturated heterocycles. The van der Waals surface area contributed by atoms with Gasteiger partial charge in [0.1, 0.15) is 17.7 Å². The number of rotatable bonds is 5. The molecule has 1 atom stereocenters. The van der Waals surface area contributed by atoms with Crippen molar-refractivity contribution < 1.29 is 18.3 Å². The van der Waals surface area contributed by atoms with E-state index in [1.54, 1.807) is 0 Å². The van der Waals surface area contributed by atoms with Gasteiger partial charge in [0.25, 0.3) is 0 Å². The van der Waals surface area contributed by atoms with Crippen LogP contribution in [-0.4, -0.2) is 13.1 Å². The smallest absolute Gasteiger partial charge is 0.327 e. The predicted octanol–water partition coefficient (Wildman–Crippen LogP) is 2.97. The van der Waals surface area contributed by atoms with Gasteiger partial charge in [-0.15, -0.1) is 0 Å². The minimum absolute atomic E-state index is 0.0715. The van der Waals surface area contributed by atoms with Crippen LogP contribution in [0.2, 0.25) is 0 Å². The Morgan fingerprint density at radius 1 is 1.19 bits per heavy atom. The second-order valence-electron chi connectivity index (χ2n) is 4.49. The Labute approximate surface area is 121 Å². The Morgan fingerprint density at radius 2 is 1.90 bits per heavy atom. The fourth-order valence-corrected chi connectivity index (χ4v) is 1.99. The summed E-state index contributed by atoms with van der Waals surface area (Å²) in [6.45, 7) is 0.330. The molecule has 5 heteroatoms. The van der Waals surface area contributed by atoms with Crippen molar-refractivity contribution in [3.05, 3.63) is 71.3 Å². The first kappa shape index (κ1) is 15.1. The molecule has 2 aromatic rings. The Balaban J connectivity index is 2.22. The van der Waals surface area contributed by atoms with Gasteiger partial charge in [-0.05, 0) is 23.8 Å². The van der Waals surface area contributed by atoms with E-state index in [4.69, 9.17) is 0 Å². The van der Waals surface area contributed by atoms with E-state index in [2.05, 4.69) is 10.1 Å². The number of carbonyl (C=O) groups is 1. The highest BCUT2D eigenvalue weighted by atomic mass is 19.1. The maximum absolute atomic E-state index is 13.8. The first-order chi connectivity index (χ1) is 10.1. The van der Waals surface area contributed by atoms with Crippen molar-refractivity contribution in [3.8, 4) is 0 Å². The Bertz CT molecular complexity index is 617. The van der Waals surface area contributed by atoms with E-state index in [9.17, 15) is 13.6 Å². The van der Waals surface area contributed by atoms with Crippen LogP contribution in [-0.2, 0) is 16.1 Å². The lowest BCUT2D eigenvalue weighted by Crippen LogP contribution is -2.30. The van der Waals surface area contributed by atoms with E-state index < -0.39 is 23.6 Å². The number of hydrogen-bond donors (Lipinski definition) is 1. The van der Waals surface area contributed by atoms with Crippen molar-refractivity contribution in [1.29, 1.82) is 0 Å². The van der Waals surface area contributed by atoms with Gasteiger partial charge in [0.05, 0.1) is 7.11 Å². The third kappa shape index (κ3) is 3.86. The van der Waals surface area contributed by atoms with Crippen molar-refractivity contribution in [2.45, 2.75) is 12.6 Å². The van der Waals surface area contributed by atoms with Gasteiger partial charge in [-0.1, -0.05) is 30.3 Å². The molecule has 2 aromatic carbocycles. The van der Waals surface area contributed by atoms with Crippen LogP contribution in [0.3, 0.4) is 0 Å². The molecule has 3 nitrogen and oxygen atoms in total. The van der Waals surface area contributed by atoms with E-state index in [-0.39, 0.29) is 5.56 Å². The molecule has 0 spiro atoms. The summed E-state index contributed by atoms with van der Waals surface area (Å²) in [4.78, 5) is 11.8. The quantitative estimate of drug-likeness (QED) is 0.861. The number of methoxy groups -OCH3 is 1. The van der Waals surface area contributed by atoms with Gasteiger partial charge in [0, 0.05) is 12.1 Å². The van der Waals surface area contributed by atoms with Gasteiger partial charge in [-0.3, -0.25) is 5.32 Å². The average molecular weight is 291 g/mol. The predicted molar refractivity (Wildman–Crippen MR) is 74.4 cm³/mol. The molecule has 1 N–H and O–H groups in total. The standard InChI is InChI=1S/C16H15F2NO2/c1-21-16(20)15(13-9-12(17)7-8-14(13)18)19-10-11-5-3-2-4-6-11/h2-9,15,19H,10H2,1H3. The maximum Gasteiger partial charge on any atom is 0.327 e. The Morgan fingerprint density at radius 3 is 2.57 bits per heavy atom. The minimum Gasteiger partial charge on any atom is -0.468 e. The van der Waals surface area contributed by atoms with Gasteiger partial charge in [0.15, 0.2) is 0 Å². The number of hydrogen-bond acceptors (Lipinski definition) is 3. The lowest BCUT2D eigenvalue weighted by molar-refractivity contribution is -0.143. The summed E-state index contributed by atoms with van der Waals surface area (Å²) in [5, 5.41) is 2.89. The number of halogens is 2. The van der Waals surface area contributed by atoms with Gasteiger partial charge in [-0.25, -0.2) is 13.6 Å². The summed E-state index contributed by atoms with van der Waals surface area (Å²) in [6, 6.07) is 11.2. The molecular formula is C16H15F2NO2. The summed E-state index contributed by atoms with van der Waals surface area (Å²) < 4.78 is 31.8. The average Bonchev–Trinajstić information content (AvgIpc) is 2.51. The van der Waals surface area contributed by atoms with Crippen molar-refractivity contribution >= 4 is 5.97 Å². The molecule has 0 fully saturated rings. The SMILES string of the molecule is COC(=O)C(NCc1ccccc1)c1cc(F)ccc1F. The first-order valence-electron chi connectivity index (χ1n) is 6.42. The van der Waals surface area contributed by atoms with Crippen molar-refractivity contribution in [1.82, 2.24) is 5.32 Å². The molecule has 0 bridgehead atoms. The fraction of sp³-hybridized carbons (Fsp3) is 0.188. The highest BCUT2D eigenvalue weighted by molar-refractivity contribution is 5.77. The summed E-state index contributed by atoms with van der Waals surface area (Å²) in [5.74, 6) is -1.94. The molecule has 1 unspecified atom stereocenters. The van der Waals surface area contributed by atoms with Gasteiger partial charge in [-0.2, -0.15) is 0 Å². The molecule has 0 amide bonds. The molecule has 0 aliphatic carbocycles. The summed E-state index contributed by atoms with van der Waals surface area (Å²) in [5.41, 5.74) is 0.848.